The first kappa shape index (κ1) is 11.2. The van der Waals surface area contributed by atoms with Gasteiger partial charge in [-0.3, -0.25) is 0 Å². The highest BCUT2D eigenvalue weighted by molar-refractivity contribution is 5.76. The monoisotopic (exact) mass is 212 g/mol. The van der Waals surface area contributed by atoms with Gasteiger partial charge >= 0.3 is 0 Å². The summed E-state index contributed by atoms with van der Waals surface area (Å²) >= 11 is 0. The maximum absolute atomic E-state index is 2.41. The van der Waals surface area contributed by atoms with Crippen molar-refractivity contribution in [1.82, 2.24) is 0 Å². The average molecular weight is 212 g/mol. The first-order chi connectivity index (χ1) is 7.72. The van der Waals surface area contributed by atoms with E-state index in [1.807, 2.05) is 0 Å². The fraction of sp³-hybridized carbons (Fsp3) is 0.375. The fourth-order valence-corrected chi connectivity index (χ4v) is 2.34. The molecule has 0 unspecified atom stereocenters. The van der Waals surface area contributed by atoms with Gasteiger partial charge in [-0.05, 0) is 35.5 Å². The van der Waals surface area contributed by atoms with Crippen LogP contribution in [0.2, 0.25) is 0 Å². The van der Waals surface area contributed by atoms with Crippen LogP contribution < -0.4 is 0 Å². The fourth-order valence-electron chi connectivity index (χ4n) is 2.34. The summed E-state index contributed by atoms with van der Waals surface area (Å²) in [7, 11) is 0. The molecular formula is C16H20. The van der Waals surface area contributed by atoms with E-state index < -0.39 is 0 Å². The number of rotatable bonds is 3. The zero-order valence-electron chi connectivity index (χ0n) is 10.5. The summed E-state index contributed by atoms with van der Waals surface area (Å²) in [6.07, 6.45) is 4.73. The molecule has 16 heavy (non-hydrogen) atoms. The van der Waals surface area contributed by atoms with Gasteiger partial charge in [-0.2, -0.15) is 0 Å². The Labute approximate surface area is 98.7 Å². The third kappa shape index (κ3) is 2.11. The molecule has 0 heterocycles. The van der Waals surface area contributed by atoms with E-state index in [1.165, 1.54) is 23.1 Å². The zero-order chi connectivity index (χ0) is 11.5. The summed E-state index contributed by atoms with van der Waals surface area (Å²) in [5.41, 5.74) is 6.03. The summed E-state index contributed by atoms with van der Waals surface area (Å²) in [6, 6.07) is 10.8. The molecule has 1 aromatic rings. The number of hydrogen-bond acceptors (Lipinski definition) is 0. The quantitative estimate of drug-likeness (QED) is 0.672. The van der Waals surface area contributed by atoms with Crippen LogP contribution in [0.15, 0.2) is 47.6 Å². The van der Waals surface area contributed by atoms with Crippen LogP contribution in [0.4, 0.5) is 0 Å². The molecule has 0 radical (unpaired) electrons. The van der Waals surface area contributed by atoms with Crippen LogP contribution in [0, 0.1) is 5.92 Å². The second-order valence-corrected chi connectivity index (χ2v) is 4.79. The van der Waals surface area contributed by atoms with Crippen molar-refractivity contribution in [2.45, 2.75) is 33.6 Å². The highest BCUT2D eigenvalue weighted by Gasteiger charge is 2.18. The van der Waals surface area contributed by atoms with E-state index in [0.29, 0.717) is 5.92 Å². The van der Waals surface area contributed by atoms with E-state index in [9.17, 15) is 0 Å². The average Bonchev–Trinajstić information content (AvgIpc) is 2.74. The summed E-state index contributed by atoms with van der Waals surface area (Å²) in [5.74, 6) is 0.624. The van der Waals surface area contributed by atoms with Crippen molar-refractivity contribution in [3.8, 4) is 0 Å². The van der Waals surface area contributed by atoms with Crippen LogP contribution in [-0.4, -0.2) is 0 Å². The molecule has 0 nitrogen and oxygen atoms in total. The third-order valence-corrected chi connectivity index (χ3v) is 3.31. The maximum atomic E-state index is 2.41. The van der Waals surface area contributed by atoms with Crippen LogP contribution in [0.25, 0.3) is 5.57 Å². The lowest BCUT2D eigenvalue weighted by atomic mass is 9.95. The smallest absolute Gasteiger partial charge is 0.00552 e. The molecule has 1 aromatic carbocycles. The lowest BCUT2D eigenvalue weighted by molar-refractivity contribution is 0.795. The predicted octanol–water partition coefficient (Wildman–Crippen LogP) is 4.84. The second-order valence-electron chi connectivity index (χ2n) is 4.79. The molecule has 1 aliphatic rings. The van der Waals surface area contributed by atoms with Crippen LogP contribution in [0.1, 0.15) is 39.2 Å². The number of hydrogen-bond donors (Lipinski definition) is 0. The Morgan fingerprint density at radius 2 is 1.81 bits per heavy atom. The van der Waals surface area contributed by atoms with Gasteiger partial charge in [-0.15, -0.1) is 0 Å². The Bertz CT molecular complexity index is 419. The lowest BCUT2D eigenvalue weighted by Crippen LogP contribution is -1.92. The topological polar surface area (TPSA) is 0 Å². The highest BCUT2D eigenvalue weighted by atomic mass is 14.2. The van der Waals surface area contributed by atoms with Gasteiger partial charge in [0.05, 0.1) is 0 Å². The molecule has 1 aliphatic carbocycles. The minimum Gasteiger partial charge on any atom is -0.0658 e. The molecule has 0 heteroatoms. The standard InChI is InChI=1S/C16H20/c1-4-13-10-15(12(2)3)16(11-13)14-8-6-5-7-9-14/h5-10,12H,4,11H2,1-3H3. The van der Waals surface area contributed by atoms with Crippen molar-refractivity contribution in [3.05, 3.63) is 53.1 Å². The van der Waals surface area contributed by atoms with Crippen molar-refractivity contribution in [3.63, 3.8) is 0 Å². The van der Waals surface area contributed by atoms with Gasteiger partial charge in [0.25, 0.3) is 0 Å². The van der Waals surface area contributed by atoms with Gasteiger partial charge < -0.3 is 0 Å². The normalized spacial score (nSPS) is 15.9. The summed E-state index contributed by atoms with van der Waals surface area (Å²) in [6.45, 7) is 6.82. The van der Waals surface area contributed by atoms with Gasteiger partial charge in [0.1, 0.15) is 0 Å². The molecule has 0 spiro atoms. The van der Waals surface area contributed by atoms with Crippen LogP contribution in [-0.2, 0) is 0 Å². The summed E-state index contributed by atoms with van der Waals surface area (Å²) < 4.78 is 0. The Hall–Kier alpha value is -1.30. The Morgan fingerprint density at radius 3 is 2.38 bits per heavy atom. The second kappa shape index (κ2) is 4.69. The lowest BCUT2D eigenvalue weighted by Gasteiger charge is -2.10. The van der Waals surface area contributed by atoms with E-state index in [1.54, 1.807) is 5.57 Å². The Balaban J connectivity index is 2.38. The molecule has 2 rings (SSSR count). The molecular weight excluding hydrogens is 192 g/mol. The molecule has 0 bridgehead atoms. The minimum atomic E-state index is 0.624. The number of benzene rings is 1. The molecule has 0 saturated carbocycles. The maximum Gasteiger partial charge on any atom is -0.00552 e. The van der Waals surface area contributed by atoms with Crippen molar-refractivity contribution in [2.24, 2.45) is 5.92 Å². The molecule has 0 N–H and O–H groups in total. The molecule has 0 atom stereocenters. The number of allylic oxidation sites excluding steroid dienone is 4. The molecule has 84 valence electrons. The van der Waals surface area contributed by atoms with Gasteiger partial charge in [-0.1, -0.05) is 62.8 Å². The van der Waals surface area contributed by atoms with Gasteiger partial charge in [0, 0.05) is 0 Å². The van der Waals surface area contributed by atoms with Crippen molar-refractivity contribution in [1.29, 1.82) is 0 Å². The van der Waals surface area contributed by atoms with Crippen molar-refractivity contribution < 1.29 is 0 Å². The largest absolute Gasteiger partial charge is 0.0658 e. The van der Waals surface area contributed by atoms with E-state index in [2.05, 4.69) is 57.2 Å². The zero-order valence-corrected chi connectivity index (χ0v) is 10.5. The van der Waals surface area contributed by atoms with E-state index in [-0.39, 0.29) is 0 Å². The highest BCUT2D eigenvalue weighted by Crippen LogP contribution is 2.37. The minimum absolute atomic E-state index is 0.624. The first-order valence-corrected chi connectivity index (χ1v) is 6.20. The molecule has 0 amide bonds. The molecule has 0 aromatic heterocycles. The van der Waals surface area contributed by atoms with E-state index in [0.717, 1.165) is 6.42 Å². The van der Waals surface area contributed by atoms with Gasteiger partial charge in [0.2, 0.25) is 0 Å². The third-order valence-electron chi connectivity index (χ3n) is 3.31. The van der Waals surface area contributed by atoms with Gasteiger partial charge in [-0.25, -0.2) is 0 Å². The predicted molar refractivity (Wildman–Crippen MR) is 71.2 cm³/mol. The van der Waals surface area contributed by atoms with Crippen LogP contribution in [0.5, 0.6) is 0 Å². The summed E-state index contributed by atoms with van der Waals surface area (Å²) in [4.78, 5) is 0. The summed E-state index contributed by atoms with van der Waals surface area (Å²) in [5, 5.41) is 0. The molecule has 0 saturated heterocycles. The Kier molecular flexibility index (Phi) is 3.28. The van der Waals surface area contributed by atoms with E-state index >= 15 is 0 Å². The SMILES string of the molecule is CCC1=CC(C(C)C)=C(c2ccccc2)C1. The van der Waals surface area contributed by atoms with E-state index in [4.69, 9.17) is 0 Å². The molecule has 0 fully saturated rings. The van der Waals surface area contributed by atoms with Crippen molar-refractivity contribution in [2.75, 3.05) is 0 Å². The first-order valence-electron chi connectivity index (χ1n) is 6.20. The molecule has 0 aliphatic heterocycles. The Morgan fingerprint density at radius 1 is 1.12 bits per heavy atom. The van der Waals surface area contributed by atoms with Crippen LogP contribution in [0.3, 0.4) is 0 Å². The van der Waals surface area contributed by atoms with Crippen molar-refractivity contribution >= 4 is 5.57 Å². The van der Waals surface area contributed by atoms with Gasteiger partial charge in [0.15, 0.2) is 0 Å². The van der Waals surface area contributed by atoms with Crippen LogP contribution >= 0.6 is 0 Å².